The lowest BCUT2D eigenvalue weighted by atomic mass is 10.1. The summed E-state index contributed by atoms with van der Waals surface area (Å²) >= 11 is 0. The van der Waals surface area contributed by atoms with Gasteiger partial charge in [0.05, 0.1) is 12.3 Å². The number of aryl methyl sites for hydroxylation is 1. The second-order valence-corrected chi connectivity index (χ2v) is 5.60. The van der Waals surface area contributed by atoms with E-state index in [0.717, 1.165) is 50.1 Å². The number of anilines is 1. The number of nitrogens with two attached hydrogens (primary N) is 1. The van der Waals surface area contributed by atoms with Crippen LogP contribution >= 0.6 is 0 Å². The van der Waals surface area contributed by atoms with Crippen LogP contribution in [-0.4, -0.2) is 30.5 Å². The standard InChI is InChI=1S/C18H30N2O2/c1-4-11-20(12-5-2)18(21)10-8-15-7-9-17(16(19)14-15)22-13-6-3/h7,9,14H,4-6,8,10-13,19H2,1-3H3. The molecule has 1 aromatic rings. The molecule has 0 fully saturated rings. The molecule has 0 aliphatic rings. The lowest BCUT2D eigenvalue weighted by molar-refractivity contribution is -0.131. The van der Waals surface area contributed by atoms with Gasteiger partial charge in [0, 0.05) is 19.5 Å². The maximum atomic E-state index is 12.3. The molecule has 124 valence electrons. The first kappa shape index (κ1) is 18.3. The number of carbonyl (C=O) groups excluding carboxylic acids is 1. The summed E-state index contributed by atoms with van der Waals surface area (Å²) in [6, 6.07) is 5.82. The molecule has 0 unspecified atom stereocenters. The van der Waals surface area contributed by atoms with Gasteiger partial charge in [0.2, 0.25) is 5.91 Å². The molecule has 0 atom stereocenters. The quantitative estimate of drug-likeness (QED) is 0.671. The van der Waals surface area contributed by atoms with Crippen LogP contribution < -0.4 is 10.5 Å². The summed E-state index contributed by atoms with van der Waals surface area (Å²) in [7, 11) is 0. The minimum atomic E-state index is 0.230. The highest BCUT2D eigenvalue weighted by atomic mass is 16.5. The van der Waals surface area contributed by atoms with E-state index in [1.54, 1.807) is 0 Å². The fraction of sp³-hybridized carbons (Fsp3) is 0.611. The van der Waals surface area contributed by atoms with E-state index in [-0.39, 0.29) is 5.91 Å². The van der Waals surface area contributed by atoms with Gasteiger partial charge in [-0.1, -0.05) is 26.8 Å². The molecule has 1 aromatic carbocycles. The van der Waals surface area contributed by atoms with Crippen molar-refractivity contribution in [2.24, 2.45) is 0 Å². The Morgan fingerprint density at radius 1 is 1.14 bits per heavy atom. The van der Waals surface area contributed by atoms with Crippen molar-refractivity contribution < 1.29 is 9.53 Å². The number of carbonyl (C=O) groups is 1. The van der Waals surface area contributed by atoms with Gasteiger partial charge in [-0.05, 0) is 43.4 Å². The van der Waals surface area contributed by atoms with Crippen LogP contribution in [0, 0.1) is 0 Å². The van der Waals surface area contributed by atoms with Crippen molar-refractivity contribution in [1.29, 1.82) is 0 Å². The van der Waals surface area contributed by atoms with E-state index in [1.165, 1.54) is 0 Å². The van der Waals surface area contributed by atoms with Crippen molar-refractivity contribution in [2.75, 3.05) is 25.4 Å². The number of amides is 1. The topological polar surface area (TPSA) is 55.6 Å². The molecular weight excluding hydrogens is 276 g/mol. The van der Waals surface area contributed by atoms with Gasteiger partial charge in [-0.15, -0.1) is 0 Å². The van der Waals surface area contributed by atoms with Gasteiger partial charge < -0.3 is 15.4 Å². The fourth-order valence-corrected chi connectivity index (χ4v) is 2.41. The van der Waals surface area contributed by atoms with Crippen molar-refractivity contribution in [3.05, 3.63) is 23.8 Å². The zero-order chi connectivity index (χ0) is 16.4. The first-order chi connectivity index (χ1) is 10.6. The molecule has 0 aliphatic carbocycles. The van der Waals surface area contributed by atoms with Crippen LogP contribution in [0.2, 0.25) is 0 Å². The second-order valence-electron chi connectivity index (χ2n) is 5.60. The Kier molecular flexibility index (Phi) is 8.41. The average molecular weight is 306 g/mol. The SMILES string of the molecule is CCCOc1ccc(CCC(=O)N(CCC)CCC)cc1N. The van der Waals surface area contributed by atoms with Gasteiger partial charge in [0.15, 0.2) is 0 Å². The van der Waals surface area contributed by atoms with Crippen LogP contribution in [0.4, 0.5) is 5.69 Å². The van der Waals surface area contributed by atoms with Gasteiger partial charge in [-0.25, -0.2) is 0 Å². The number of benzene rings is 1. The van der Waals surface area contributed by atoms with Crippen molar-refractivity contribution in [1.82, 2.24) is 4.90 Å². The lowest BCUT2D eigenvalue weighted by Gasteiger charge is -2.21. The summed E-state index contributed by atoms with van der Waals surface area (Å²) in [5, 5.41) is 0. The molecule has 0 aromatic heterocycles. The summed E-state index contributed by atoms with van der Waals surface area (Å²) in [6.45, 7) is 8.63. The molecule has 0 saturated carbocycles. The number of nitrogen functional groups attached to an aromatic ring is 1. The Hall–Kier alpha value is -1.71. The number of nitrogens with zero attached hydrogens (tertiary/aromatic N) is 1. The summed E-state index contributed by atoms with van der Waals surface area (Å²) in [6.07, 6.45) is 4.22. The molecule has 0 aliphatic heterocycles. The first-order valence-electron chi connectivity index (χ1n) is 8.41. The Morgan fingerprint density at radius 3 is 2.36 bits per heavy atom. The average Bonchev–Trinajstić information content (AvgIpc) is 2.51. The molecule has 0 heterocycles. The largest absolute Gasteiger partial charge is 0.491 e. The number of ether oxygens (including phenoxy) is 1. The molecule has 4 nitrogen and oxygen atoms in total. The van der Waals surface area contributed by atoms with Gasteiger partial charge in [-0.2, -0.15) is 0 Å². The highest BCUT2D eigenvalue weighted by molar-refractivity contribution is 5.76. The van der Waals surface area contributed by atoms with Crippen LogP contribution in [0.1, 0.15) is 52.0 Å². The summed E-state index contributed by atoms with van der Waals surface area (Å²) in [4.78, 5) is 14.2. The zero-order valence-corrected chi connectivity index (χ0v) is 14.2. The Morgan fingerprint density at radius 2 is 1.82 bits per heavy atom. The monoisotopic (exact) mass is 306 g/mol. The van der Waals surface area contributed by atoms with Gasteiger partial charge >= 0.3 is 0 Å². The van der Waals surface area contributed by atoms with Gasteiger partial charge in [0.1, 0.15) is 5.75 Å². The fourth-order valence-electron chi connectivity index (χ4n) is 2.41. The highest BCUT2D eigenvalue weighted by Crippen LogP contribution is 2.23. The lowest BCUT2D eigenvalue weighted by Crippen LogP contribution is -2.32. The third kappa shape index (κ3) is 5.96. The van der Waals surface area contributed by atoms with E-state index in [2.05, 4.69) is 20.8 Å². The third-order valence-electron chi connectivity index (χ3n) is 3.50. The summed E-state index contributed by atoms with van der Waals surface area (Å²) in [5.41, 5.74) is 7.74. The van der Waals surface area contributed by atoms with Gasteiger partial charge in [0.25, 0.3) is 0 Å². The normalized spacial score (nSPS) is 10.5. The van der Waals surface area contributed by atoms with E-state index in [1.807, 2.05) is 23.1 Å². The van der Waals surface area contributed by atoms with E-state index in [0.29, 0.717) is 18.7 Å². The molecule has 2 N–H and O–H groups in total. The molecule has 0 saturated heterocycles. The van der Waals surface area contributed by atoms with Crippen molar-refractivity contribution in [3.8, 4) is 5.75 Å². The molecule has 1 rings (SSSR count). The van der Waals surface area contributed by atoms with Crippen molar-refractivity contribution in [3.63, 3.8) is 0 Å². The molecule has 4 heteroatoms. The van der Waals surface area contributed by atoms with Crippen LogP contribution in [0.15, 0.2) is 18.2 Å². The number of hydrogen-bond donors (Lipinski definition) is 1. The summed E-state index contributed by atoms with van der Waals surface area (Å²) < 4.78 is 5.57. The Labute approximate surface area is 134 Å². The summed E-state index contributed by atoms with van der Waals surface area (Å²) in [5.74, 6) is 0.962. The Balaban J connectivity index is 2.56. The molecule has 22 heavy (non-hydrogen) atoms. The van der Waals surface area contributed by atoms with Gasteiger partial charge in [-0.3, -0.25) is 4.79 Å². The van der Waals surface area contributed by atoms with Crippen molar-refractivity contribution in [2.45, 2.75) is 52.9 Å². The maximum absolute atomic E-state index is 12.3. The highest BCUT2D eigenvalue weighted by Gasteiger charge is 2.12. The van der Waals surface area contributed by atoms with Crippen LogP contribution in [0.5, 0.6) is 5.75 Å². The van der Waals surface area contributed by atoms with E-state index in [4.69, 9.17) is 10.5 Å². The number of hydrogen-bond acceptors (Lipinski definition) is 3. The number of rotatable bonds is 10. The minimum absolute atomic E-state index is 0.230. The zero-order valence-electron chi connectivity index (χ0n) is 14.2. The molecule has 0 radical (unpaired) electrons. The van der Waals surface area contributed by atoms with Crippen LogP contribution in [0.25, 0.3) is 0 Å². The van der Waals surface area contributed by atoms with Crippen molar-refractivity contribution >= 4 is 11.6 Å². The molecule has 0 bridgehead atoms. The van der Waals surface area contributed by atoms with E-state index in [9.17, 15) is 4.79 Å². The minimum Gasteiger partial charge on any atom is -0.491 e. The Bertz CT molecular complexity index is 454. The molecular formula is C18H30N2O2. The predicted octanol–water partition coefficient (Wildman–Crippen LogP) is 3.64. The first-order valence-corrected chi connectivity index (χ1v) is 8.41. The van der Waals surface area contributed by atoms with E-state index < -0.39 is 0 Å². The maximum Gasteiger partial charge on any atom is 0.222 e. The predicted molar refractivity (Wildman–Crippen MR) is 92.1 cm³/mol. The van der Waals surface area contributed by atoms with E-state index >= 15 is 0 Å². The smallest absolute Gasteiger partial charge is 0.222 e. The third-order valence-corrected chi connectivity index (χ3v) is 3.50. The molecule has 1 amide bonds. The molecule has 0 spiro atoms. The van der Waals surface area contributed by atoms with Crippen LogP contribution in [-0.2, 0) is 11.2 Å². The second kappa shape index (κ2) is 10.1. The van der Waals surface area contributed by atoms with Crippen LogP contribution in [0.3, 0.4) is 0 Å².